The number of amides is 1. The minimum Gasteiger partial charge on any atom is -0.396 e. The molecule has 14 heteroatoms. The van der Waals surface area contributed by atoms with Gasteiger partial charge in [-0.15, -0.1) is 0 Å². The first-order valence-corrected chi connectivity index (χ1v) is 11.9. The maximum Gasteiger partial charge on any atom is 0.401 e. The molecule has 39 heavy (non-hydrogen) atoms. The van der Waals surface area contributed by atoms with E-state index in [1.54, 1.807) is 24.0 Å². The number of alkyl halides is 3. The summed E-state index contributed by atoms with van der Waals surface area (Å²) in [4.78, 5) is 20.9. The van der Waals surface area contributed by atoms with Gasteiger partial charge in [-0.3, -0.25) is 9.48 Å². The van der Waals surface area contributed by atoms with Crippen molar-refractivity contribution in [1.82, 2.24) is 24.9 Å². The molecule has 204 valence electrons. The number of rotatable bonds is 9. The Morgan fingerprint density at radius 2 is 1.92 bits per heavy atom. The highest BCUT2D eigenvalue weighted by molar-refractivity contribution is 5.91. The molecule has 0 spiro atoms. The van der Waals surface area contributed by atoms with Gasteiger partial charge in [-0.25, -0.2) is 14.4 Å². The normalized spacial score (nSPS) is 14.3. The minimum atomic E-state index is -4.47. The van der Waals surface area contributed by atoms with E-state index in [0.29, 0.717) is 34.9 Å². The lowest BCUT2D eigenvalue weighted by atomic mass is 10.0. The average molecular weight is 545 g/mol. The molecule has 0 atom stereocenters. The lowest BCUT2D eigenvalue weighted by molar-refractivity contribution is -0.165. The van der Waals surface area contributed by atoms with Crippen LogP contribution < -0.4 is 10.6 Å². The van der Waals surface area contributed by atoms with E-state index in [9.17, 15) is 27.5 Å². The van der Waals surface area contributed by atoms with Gasteiger partial charge in [-0.05, 0) is 30.0 Å². The van der Waals surface area contributed by atoms with Gasteiger partial charge >= 0.3 is 6.18 Å². The van der Waals surface area contributed by atoms with Gasteiger partial charge in [-0.2, -0.15) is 18.3 Å². The highest BCUT2D eigenvalue weighted by atomic mass is 19.4. The fourth-order valence-corrected chi connectivity index (χ4v) is 4.18. The molecule has 1 aliphatic carbocycles. The van der Waals surface area contributed by atoms with Gasteiger partial charge < -0.3 is 20.3 Å². The quantitative estimate of drug-likeness (QED) is 0.269. The topological polar surface area (TPSA) is 131 Å². The van der Waals surface area contributed by atoms with Crippen LogP contribution in [0, 0.1) is 5.82 Å². The molecule has 1 aromatic carbocycles. The summed E-state index contributed by atoms with van der Waals surface area (Å²) in [5, 5.41) is 22.3. The molecule has 5 rings (SSSR count). The number of aryl methyl sites for hydroxylation is 1. The van der Waals surface area contributed by atoms with Crippen LogP contribution in [-0.4, -0.2) is 48.7 Å². The fraction of sp³-hybridized carbons (Fsp3) is 0.320. The molecule has 0 radical (unpaired) electrons. The van der Waals surface area contributed by atoms with Crippen molar-refractivity contribution >= 4 is 23.4 Å². The van der Waals surface area contributed by atoms with Crippen LogP contribution in [0.1, 0.15) is 29.9 Å². The number of aliphatic hydroxyl groups is 1. The molecule has 3 N–H and O–H groups in total. The van der Waals surface area contributed by atoms with Crippen LogP contribution in [0.15, 0.2) is 47.4 Å². The number of nitrogens with zero attached hydrogens (tertiary/aromatic N) is 5. The number of aromatic nitrogens is 5. The van der Waals surface area contributed by atoms with E-state index in [0.717, 1.165) is 6.07 Å². The highest BCUT2D eigenvalue weighted by Crippen LogP contribution is 2.59. The smallest absolute Gasteiger partial charge is 0.396 e. The summed E-state index contributed by atoms with van der Waals surface area (Å²) in [7, 11) is 1.75. The van der Waals surface area contributed by atoms with Gasteiger partial charge in [0.1, 0.15) is 11.2 Å². The Morgan fingerprint density at radius 1 is 1.18 bits per heavy atom. The van der Waals surface area contributed by atoms with Crippen LogP contribution >= 0.6 is 0 Å². The summed E-state index contributed by atoms with van der Waals surface area (Å²) in [6, 6.07) is 5.33. The number of carbonyl (C=O) groups excluding carboxylic acids is 1. The molecule has 10 nitrogen and oxygen atoms in total. The van der Waals surface area contributed by atoms with Crippen LogP contribution in [0.4, 0.5) is 35.0 Å². The molecular weight excluding hydrogens is 522 g/mol. The van der Waals surface area contributed by atoms with Crippen LogP contribution in [0.3, 0.4) is 0 Å². The molecular formula is C25H23F4N7O3. The zero-order valence-corrected chi connectivity index (χ0v) is 20.6. The van der Waals surface area contributed by atoms with Gasteiger partial charge in [-0.1, -0.05) is 17.3 Å². The maximum atomic E-state index is 14.8. The number of aliphatic hydroxyl groups excluding tert-OH is 1. The van der Waals surface area contributed by atoms with Crippen molar-refractivity contribution in [3.63, 3.8) is 0 Å². The van der Waals surface area contributed by atoms with Crippen molar-refractivity contribution in [3.8, 4) is 11.1 Å². The molecule has 1 saturated carbocycles. The summed E-state index contributed by atoms with van der Waals surface area (Å²) < 4.78 is 61.0. The third-order valence-corrected chi connectivity index (χ3v) is 6.43. The van der Waals surface area contributed by atoms with E-state index in [-0.39, 0.29) is 43.0 Å². The monoisotopic (exact) mass is 545 g/mol. The van der Waals surface area contributed by atoms with Crippen molar-refractivity contribution < 1.29 is 32.0 Å². The Labute approximate surface area is 219 Å². The number of hydrogen-bond acceptors (Lipinski definition) is 8. The maximum absolute atomic E-state index is 14.8. The Hall–Kier alpha value is -4.33. The van der Waals surface area contributed by atoms with Gasteiger partial charge in [0.05, 0.1) is 17.8 Å². The van der Waals surface area contributed by atoms with Gasteiger partial charge in [0.2, 0.25) is 11.9 Å². The SMILES string of the molecule is Cn1cc(Nc2ncc(-c3ccc(CC(=O)Nc4cc(C5(C(F)(F)F)CC5)on4)c(F)c3)cn2)c(CCO)n1. The molecule has 3 aromatic heterocycles. The number of halogens is 4. The van der Waals surface area contributed by atoms with Crippen molar-refractivity contribution in [2.75, 3.05) is 17.2 Å². The van der Waals surface area contributed by atoms with Crippen molar-refractivity contribution in [2.45, 2.75) is 37.3 Å². The van der Waals surface area contributed by atoms with E-state index in [1.807, 2.05) is 0 Å². The van der Waals surface area contributed by atoms with E-state index < -0.39 is 23.3 Å². The molecule has 0 bridgehead atoms. The van der Waals surface area contributed by atoms with Crippen molar-refractivity contribution in [3.05, 3.63) is 65.7 Å². The Morgan fingerprint density at radius 3 is 2.56 bits per heavy atom. The highest BCUT2D eigenvalue weighted by Gasteiger charge is 2.66. The van der Waals surface area contributed by atoms with E-state index in [1.165, 1.54) is 24.5 Å². The lowest BCUT2D eigenvalue weighted by Crippen LogP contribution is -2.28. The third kappa shape index (κ3) is 5.46. The Balaban J connectivity index is 1.21. The van der Waals surface area contributed by atoms with E-state index >= 15 is 0 Å². The molecule has 0 saturated heterocycles. The van der Waals surface area contributed by atoms with Gasteiger partial charge in [0.25, 0.3) is 0 Å². The van der Waals surface area contributed by atoms with Gasteiger partial charge in [0, 0.05) is 50.3 Å². The predicted molar refractivity (Wildman–Crippen MR) is 131 cm³/mol. The lowest BCUT2D eigenvalue weighted by Gasteiger charge is -2.14. The van der Waals surface area contributed by atoms with E-state index in [4.69, 9.17) is 4.52 Å². The second kappa shape index (κ2) is 10.1. The molecule has 0 unspecified atom stereocenters. The second-order valence-electron chi connectivity index (χ2n) is 9.24. The number of carbonyl (C=O) groups is 1. The first kappa shape index (κ1) is 26.3. The van der Waals surface area contributed by atoms with E-state index in [2.05, 4.69) is 30.9 Å². The molecule has 1 amide bonds. The number of anilines is 3. The minimum absolute atomic E-state index is 0.0571. The summed E-state index contributed by atoms with van der Waals surface area (Å²) >= 11 is 0. The van der Waals surface area contributed by atoms with Crippen LogP contribution in [-0.2, 0) is 30.1 Å². The number of benzene rings is 1. The summed E-state index contributed by atoms with van der Waals surface area (Å²) in [6.45, 7) is -0.0571. The second-order valence-corrected chi connectivity index (χ2v) is 9.24. The average Bonchev–Trinajstić information content (AvgIpc) is 3.47. The summed E-state index contributed by atoms with van der Waals surface area (Å²) in [5.41, 5.74) is 0.360. The first-order valence-electron chi connectivity index (χ1n) is 11.9. The molecule has 1 fully saturated rings. The van der Waals surface area contributed by atoms with Gasteiger partial charge in [0.15, 0.2) is 11.6 Å². The van der Waals surface area contributed by atoms with Crippen molar-refractivity contribution in [1.29, 1.82) is 0 Å². The Kier molecular flexibility index (Phi) is 6.80. The third-order valence-electron chi connectivity index (χ3n) is 6.43. The molecule has 0 aliphatic heterocycles. The number of hydrogen-bond donors (Lipinski definition) is 3. The largest absolute Gasteiger partial charge is 0.401 e. The summed E-state index contributed by atoms with van der Waals surface area (Å²) in [5.74, 6) is -1.53. The molecule has 4 aromatic rings. The molecule has 3 heterocycles. The van der Waals surface area contributed by atoms with Crippen molar-refractivity contribution in [2.24, 2.45) is 7.05 Å². The molecule has 1 aliphatic rings. The predicted octanol–water partition coefficient (Wildman–Crippen LogP) is 4.06. The van der Waals surface area contributed by atoms with Crippen LogP contribution in [0.5, 0.6) is 0 Å². The summed E-state index contributed by atoms with van der Waals surface area (Å²) in [6.07, 6.45) is 0.0865. The van der Waals surface area contributed by atoms with Crippen LogP contribution in [0.2, 0.25) is 0 Å². The first-order chi connectivity index (χ1) is 18.6. The Bertz CT molecular complexity index is 1490. The fourth-order valence-electron chi connectivity index (χ4n) is 4.18. The number of nitrogens with one attached hydrogen (secondary N) is 2. The zero-order valence-electron chi connectivity index (χ0n) is 20.6. The van der Waals surface area contributed by atoms with Crippen LogP contribution in [0.25, 0.3) is 11.1 Å². The zero-order chi connectivity index (χ0) is 27.8. The standard InChI is InChI=1S/C25H23F4N7O3/c1-36-13-19(18(34-36)4-7-37)32-23-30-11-16(12-31-23)14-2-3-15(17(26)8-14)9-22(38)33-21-10-20(39-35-21)24(5-6-24)25(27,28)29/h2-3,8,10-13,37H,4-7,9H2,1H3,(H,30,31,32)(H,33,35,38).